The number of carbonyl (C=O) groups is 1. The third-order valence-corrected chi connectivity index (χ3v) is 6.79. The van der Waals surface area contributed by atoms with Crippen LogP contribution in [0.3, 0.4) is 0 Å². The van der Waals surface area contributed by atoms with Gasteiger partial charge in [0.2, 0.25) is 0 Å². The molecule has 3 aromatic rings. The van der Waals surface area contributed by atoms with E-state index < -0.39 is 0 Å². The number of ether oxygens (including phenoxy) is 2. The number of amides is 1. The fourth-order valence-corrected chi connectivity index (χ4v) is 4.78. The van der Waals surface area contributed by atoms with Crippen molar-refractivity contribution in [2.45, 2.75) is 33.4 Å². The molecule has 1 saturated heterocycles. The summed E-state index contributed by atoms with van der Waals surface area (Å²) in [4.78, 5) is 15.6. The molecular weight excluding hydrogens is 414 g/mol. The lowest BCUT2D eigenvalue weighted by Crippen LogP contribution is -2.43. The molecule has 2 heterocycles. The second-order valence-electron chi connectivity index (χ2n) is 8.88. The third-order valence-electron chi connectivity index (χ3n) is 6.79. The van der Waals surface area contributed by atoms with Gasteiger partial charge < -0.3 is 19.4 Å². The summed E-state index contributed by atoms with van der Waals surface area (Å²) in [5, 5.41) is 4.33. The number of benzene rings is 2. The molecule has 6 nitrogen and oxygen atoms in total. The van der Waals surface area contributed by atoms with Crippen LogP contribution in [0.4, 0.5) is 0 Å². The van der Waals surface area contributed by atoms with Crippen molar-refractivity contribution in [3.05, 3.63) is 70.4 Å². The van der Waals surface area contributed by atoms with E-state index in [2.05, 4.69) is 65.9 Å². The van der Waals surface area contributed by atoms with Crippen LogP contribution >= 0.6 is 0 Å². The third kappa shape index (κ3) is 5.13. The van der Waals surface area contributed by atoms with Crippen LogP contribution in [0.5, 0.6) is 0 Å². The van der Waals surface area contributed by atoms with Crippen molar-refractivity contribution in [3.8, 4) is 0 Å². The molecule has 0 radical (unpaired) electrons. The highest BCUT2D eigenvalue weighted by Crippen LogP contribution is 2.27. The van der Waals surface area contributed by atoms with E-state index in [0.29, 0.717) is 18.7 Å². The van der Waals surface area contributed by atoms with Crippen LogP contribution in [0.25, 0.3) is 10.9 Å². The summed E-state index contributed by atoms with van der Waals surface area (Å²) in [5.41, 5.74) is 6.72. The number of methoxy groups -OCH3 is 1. The van der Waals surface area contributed by atoms with Gasteiger partial charge in [0.25, 0.3) is 5.91 Å². The number of nitrogens with zero attached hydrogens (tertiary/aromatic N) is 2. The smallest absolute Gasteiger partial charge is 0.251 e. The van der Waals surface area contributed by atoms with Crippen molar-refractivity contribution in [3.63, 3.8) is 0 Å². The largest absolute Gasteiger partial charge is 0.383 e. The minimum Gasteiger partial charge on any atom is -0.383 e. The standard InChI is InChI=1S/C27H35N3O3/c1-19-6-5-7-22(16-19)26(29-10-14-33-15-11-29)18-28-27(31)23-8-9-25-24(17-23)20(2)21(3)30(25)12-13-32-4/h5-9,16-17,26H,10-15,18H2,1-4H3,(H,28,31). The Morgan fingerprint density at radius 2 is 1.91 bits per heavy atom. The van der Waals surface area contributed by atoms with Crippen molar-refractivity contribution in [1.82, 2.24) is 14.8 Å². The van der Waals surface area contributed by atoms with E-state index in [0.717, 1.165) is 43.8 Å². The van der Waals surface area contributed by atoms with Gasteiger partial charge in [-0.3, -0.25) is 9.69 Å². The number of carbonyl (C=O) groups excluding carboxylic acids is 1. The van der Waals surface area contributed by atoms with Crippen LogP contribution in [-0.2, 0) is 16.0 Å². The Morgan fingerprint density at radius 1 is 1.12 bits per heavy atom. The van der Waals surface area contributed by atoms with E-state index in [1.807, 2.05) is 12.1 Å². The summed E-state index contributed by atoms with van der Waals surface area (Å²) in [7, 11) is 1.72. The first-order chi connectivity index (χ1) is 16.0. The lowest BCUT2D eigenvalue weighted by molar-refractivity contribution is 0.0162. The molecule has 1 fully saturated rings. The normalized spacial score (nSPS) is 15.6. The van der Waals surface area contributed by atoms with E-state index in [1.54, 1.807) is 7.11 Å². The minimum atomic E-state index is -0.0375. The Balaban J connectivity index is 1.54. The summed E-state index contributed by atoms with van der Waals surface area (Å²) < 4.78 is 13.1. The predicted octanol–water partition coefficient (Wildman–Crippen LogP) is 4.02. The fourth-order valence-electron chi connectivity index (χ4n) is 4.78. The number of morpholine rings is 1. The molecule has 4 rings (SSSR count). The average molecular weight is 450 g/mol. The molecule has 0 saturated carbocycles. The molecular formula is C27H35N3O3. The maximum atomic E-state index is 13.2. The second-order valence-corrected chi connectivity index (χ2v) is 8.88. The van der Waals surface area contributed by atoms with E-state index in [4.69, 9.17) is 9.47 Å². The Hall–Kier alpha value is -2.67. The minimum absolute atomic E-state index is 0.0375. The van der Waals surface area contributed by atoms with Gasteiger partial charge in [0.15, 0.2) is 0 Å². The van der Waals surface area contributed by atoms with Crippen molar-refractivity contribution in [2.75, 3.05) is 46.6 Å². The van der Waals surface area contributed by atoms with Gasteiger partial charge in [0, 0.05) is 55.4 Å². The van der Waals surface area contributed by atoms with Crippen molar-refractivity contribution >= 4 is 16.8 Å². The van der Waals surface area contributed by atoms with Gasteiger partial charge >= 0.3 is 0 Å². The lowest BCUT2D eigenvalue weighted by Gasteiger charge is -2.35. The topological polar surface area (TPSA) is 55.7 Å². The monoisotopic (exact) mass is 449 g/mol. The Labute approximate surface area is 196 Å². The van der Waals surface area contributed by atoms with Crippen molar-refractivity contribution < 1.29 is 14.3 Å². The summed E-state index contributed by atoms with van der Waals surface area (Å²) in [5.74, 6) is -0.0375. The van der Waals surface area contributed by atoms with Crippen LogP contribution in [0.15, 0.2) is 42.5 Å². The molecule has 1 N–H and O–H groups in total. The van der Waals surface area contributed by atoms with E-state index in [1.165, 1.54) is 22.4 Å². The van der Waals surface area contributed by atoms with Gasteiger partial charge in [-0.1, -0.05) is 29.8 Å². The highest BCUT2D eigenvalue weighted by atomic mass is 16.5. The molecule has 33 heavy (non-hydrogen) atoms. The Morgan fingerprint density at radius 3 is 2.64 bits per heavy atom. The fraction of sp³-hybridized carbons (Fsp3) is 0.444. The number of hydrogen-bond donors (Lipinski definition) is 1. The van der Waals surface area contributed by atoms with Crippen molar-refractivity contribution in [1.29, 1.82) is 0 Å². The molecule has 0 aliphatic carbocycles. The number of rotatable bonds is 8. The van der Waals surface area contributed by atoms with Crippen molar-refractivity contribution in [2.24, 2.45) is 0 Å². The Bertz CT molecular complexity index is 1120. The summed E-state index contributed by atoms with van der Waals surface area (Å²) in [6.07, 6.45) is 0. The van der Waals surface area contributed by atoms with Crippen LogP contribution in [0.1, 0.15) is 38.8 Å². The Kier molecular flexibility index (Phi) is 7.48. The van der Waals surface area contributed by atoms with E-state index >= 15 is 0 Å². The molecule has 1 aliphatic heterocycles. The maximum absolute atomic E-state index is 13.2. The zero-order valence-corrected chi connectivity index (χ0v) is 20.2. The number of aryl methyl sites for hydroxylation is 2. The lowest BCUT2D eigenvalue weighted by atomic mass is 10.0. The van der Waals surface area contributed by atoms with Gasteiger partial charge in [0.1, 0.15) is 0 Å². The summed E-state index contributed by atoms with van der Waals surface area (Å²) in [6, 6.07) is 14.7. The summed E-state index contributed by atoms with van der Waals surface area (Å²) in [6.45, 7) is 11.6. The highest BCUT2D eigenvalue weighted by molar-refractivity contribution is 5.99. The molecule has 1 amide bonds. The maximum Gasteiger partial charge on any atom is 0.251 e. The highest BCUT2D eigenvalue weighted by Gasteiger charge is 2.24. The van der Waals surface area contributed by atoms with Crippen LogP contribution in [0, 0.1) is 20.8 Å². The first-order valence-corrected chi connectivity index (χ1v) is 11.7. The van der Waals surface area contributed by atoms with Crippen LogP contribution < -0.4 is 5.32 Å². The molecule has 1 aliphatic rings. The first-order valence-electron chi connectivity index (χ1n) is 11.7. The molecule has 1 aromatic heterocycles. The molecule has 1 atom stereocenters. The molecule has 2 aromatic carbocycles. The van der Waals surface area contributed by atoms with Gasteiger partial charge in [0.05, 0.1) is 25.9 Å². The molecule has 0 spiro atoms. The molecule has 0 bridgehead atoms. The number of nitrogens with one attached hydrogen (secondary N) is 1. The zero-order chi connectivity index (χ0) is 23.4. The molecule has 176 valence electrons. The summed E-state index contributed by atoms with van der Waals surface area (Å²) >= 11 is 0. The zero-order valence-electron chi connectivity index (χ0n) is 20.2. The SMILES string of the molecule is COCCn1c(C)c(C)c2cc(C(=O)NCC(c3cccc(C)c3)N3CCOCC3)ccc21. The average Bonchev–Trinajstić information content (AvgIpc) is 3.07. The number of hydrogen-bond acceptors (Lipinski definition) is 4. The quantitative estimate of drug-likeness (QED) is 0.565. The first kappa shape index (κ1) is 23.5. The number of fused-ring (bicyclic) bond motifs is 1. The number of aromatic nitrogens is 1. The van der Waals surface area contributed by atoms with Gasteiger partial charge in [-0.25, -0.2) is 0 Å². The van der Waals surface area contributed by atoms with Crippen LogP contribution in [0.2, 0.25) is 0 Å². The molecule has 1 unspecified atom stereocenters. The molecule has 6 heteroatoms. The van der Waals surface area contributed by atoms with Gasteiger partial charge in [-0.2, -0.15) is 0 Å². The predicted molar refractivity (Wildman–Crippen MR) is 132 cm³/mol. The van der Waals surface area contributed by atoms with E-state index in [9.17, 15) is 4.79 Å². The van der Waals surface area contributed by atoms with Crippen LogP contribution in [-0.4, -0.2) is 61.9 Å². The van der Waals surface area contributed by atoms with Gasteiger partial charge in [-0.15, -0.1) is 0 Å². The van der Waals surface area contributed by atoms with Gasteiger partial charge in [-0.05, 0) is 50.1 Å². The van der Waals surface area contributed by atoms with E-state index in [-0.39, 0.29) is 11.9 Å². The second kappa shape index (κ2) is 10.5.